The quantitative estimate of drug-likeness (QED) is 0.571. The van der Waals surface area contributed by atoms with E-state index in [1.807, 2.05) is 77.7 Å². The molecular weight excluding hydrogens is 348 g/mol. The van der Waals surface area contributed by atoms with Gasteiger partial charge in [-0.25, -0.2) is 0 Å². The fraction of sp³-hybridized carbons (Fsp3) is 0.167. The monoisotopic (exact) mass is 372 g/mol. The summed E-state index contributed by atoms with van der Waals surface area (Å²) in [6, 6.07) is 27.0. The van der Waals surface area contributed by atoms with Gasteiger partial charge in [-0.1, -0.05) is 48.5 Å². The Kier molecular flexibility index (Phi) is 6.58. The number of nitrogens with one attached hydrogen (secondary N) is 1. The van der Waals surface area contributed by atoms with E-state index < -0.39 is 0 Å². The van der Waals surface area contributed by atoms with Crippen LogP contribution in [0.2, 0.25) is 0 Å². The Balaban J connectivity index is 1.63. The second kappa shape index (κ2) is 9.51. The summed E-state index contributed by atoms with van der Waals surface area (Å²) >= 11 is 0. The van der Waals surface area contributed by atoms with Crippen LogP contribution in [0.3, 0.4) is 0 Å². The van der Waals surface area contributed by atoms with E-state index in [1.54, 1.807) is 19.1 Å². The van der Waals surface area contributed by atoms with Crippen molar-refractivity contribution in [3.8, 4) is 0 Å². The van der Waals surface area contributed by atoms with Crippen molar-refractivity contribution in [2.75, 3.05) is 16.8 Å². The van der Waals surface area contributed by atoms with E-state index in [4.69, 9.17) is 0 Å². The molecule has 0 aliphatic rings. The molecule has 4 heteroatoms. The maximum absolute atomic E-state index is 12.9. The SMILES string of the molecule is CC(=O)c1ccc(NCCC(=O)N(Cc2ccccc2)c2ccccc2)cc1. The summed E-state index contributed by atoms with van der Waals surface area (Å²) in [6.45, 7) is 2.61. The van der Waals surface area contributed by atoms with Gasteiger partial charge in [0.25, 0.3) is 0 Å². The van der Waals surface area contributed by atoms with E-state index in [2.05, 4.69) is 5.32 Å². The number of carbonyl (C=O) groups is 2. The number of Topliss-reactive ketones (excluding diaryl/α,β-unsaturated/α-hetero) is 1. The molecule has 0 radical (unpaired) electrons. The van der Waals surface area contributed by atoms with Gasteiger partial charge in [0.15, 0.2) is 5.78 Å². The Labute approximate surface area is 165 Å². The van der Waals surface area contributed by atoms with Crippen LogP contribution in [0.5, 0.6) is 0 Å². The first-order valence-corrected chi connectivity index (χ1v) is 9.38. The Bertz CT molecular complexity index is 906. The largest absolute Gasteiger partial charge is 0.385 e. The summed E-state index contributed by atoms with van der Waals surface area (Å²) in [5.41, 5.74) is 3.56. The second-order valence-electron chi connectivity index (χ2n) is 6.61. The van der Waals surface area contributed by atoms with Crippen LogP contribution < -0.4 is 10.2 Å². The predicted molar refractivity (Wildman–Crippen MR) is 114 cm³/mol. The maximum atomic E-state index is 12.9. The molecule has 0 heterocycles. The van der Waals surface area contributed by atoms with Crippen molar-refractivity contribution < 1.29 is 9.59 Å². The highest BCUT2D eigenvalue weighted by atomic mass is 16.2. The number of carbonyl (C=O) groups excluding carboxylic acids is 2. The lowest BCUT2D eigenvalue weighted by Crippen LogP contribution is -2.31. The zero-order chi connectivity index (χ0) is 19.8. The molecular formula is C24H24N2O2. The summed E-state index contributed by atoms with van der Waals surface area (Å²) < 4.78 is 0. The van der Waals surface area contributed by atoms with E-state index in [-0.39, 0.29) is 11.7 Å². The van der Waals surface area contributed by atoms with Crippen LogP contribution in [0.1, 0.15) is 29.3 Å². The summed E-state index contributed by atoms with van der Waals surface area (Å²) in [5.74, 6) is 0.101. The van der Waals surface area contributed by atoms with Crippen molar-refractivity contribution >= 4 is 23.1 Å². The summed E-state index contributed by atoms with van der Waals surface area (Å²) in [7, 11) is 0. The van der Waals surface area contributed by atoms with Crippen LogP contribution in [0.25, 0.3) is 0 Å². The predicted octanol–water partition coefficient (Wildman–Crippen LogP) is 4.92. The van der Waals surface area contributed by atoms with Gasteiger partial charge in [0, 0.05) is 29.9 Å². The molecule has 0 saturated heterocycles. The minimum Gasteiger partial charge on any atom is -0.385 e. The summed E-state index contributed by atoms with van der Waals surface area (Å²) in [4.78, 5) is 26.1. The number of hydrogen-bond donors (Lipinski definition) is 1. The number of hydrogen-bond acceptors (Lipinski definition) is 3. The molecule has 3 aromatic carbocycles. The molecule has 0 saturated carbocycles. The highest BCUT2D eigenvalue weighted by Crippen LogP contribution is 2.18. The van der Waals surface area contributed by atoms with Crippen LogP contribution in [-0.2, 0) is 11.3 Å². The smallest absolute Gasteiger partial charge is 0.229 e. The van der Waals surface area contributed by atoms with Crippen molar-refractivity contribution in [3.05, 3.63) is 96.1 Å². The summed E-state index contributed by atoms with van der Waals surface area (Å²) in [5, 5.41) is 3.25. The molecule has 0 atom stereocenters. The Morgan fingerprint density at radius 2 is 1.43 bits per heavy atom. The molecule has 0 fully saturated rings. The van der Waals surface area contributed by atoms with E-state index in [1.165, 1.54) is 0 Å². The number of nitrogens with zero attached hydrogens (tertiary/aromatic N) is 1. The number of benzene rings is 3. The van der Waals surface area contributed by atoms with Gasteiger partial charge in [0.2, 0.25) is 5.91 Å². The van der Waals surface area contributed by atoms with E-state index in [0.29, 0.717) is 25.1 Å². The van der Waals surface area contributed by atoms with Gasteiger partial charge in [0.05, 0.1) is 6.54 Å². The van der Waals surface area contributed by atoms with Gasteiger partial charge >= 0.3 is 0 Å². The lowest BCUT2D eigenvalue weighted by molar-refractivity contribution is -0.118. The van der Waals surface area contributed by atoms with Crippen molar-refractivity contribution in [1.82, 2.24) is 0 Å². The Hall–Kier alpha value is -3.40. The first kappa shape index (κ1) is 19.4. The molecule has 0 aliphatic carbocycles. The third-order valence-electron chi connectivity index (χ3n) is 4.51. The molecule has 1 N–H and O–H groups in total. The van der Waals surface area contributed by atoms with Gasteiger partial charge in [-0.15, -0.1) is 0 Å². The van der Waals surface area contributed by atoms with Crippen molar-refractivity contribution in [2.45, 2.75) is 19.9 Å². The first-order valence-electron chi connectivity index (χ1n) is 9.38. The van der Waals surface area contributed by atoms with E-state index in [0.717, 1.165) is 16.9 Å². The molecule has 0 bridgehead atoms. The Morgan fingerprint density at radius 1 is 0.821 bits per heavy atom. The van der Waals surface area contributed by atoms with Crippen molar-refractivity contribution in [3.63, 3.8) is 0 Å². The molecule has 28 heavy (non-hydrogen) atoms. The number of ketones is 1. The highest BCUT2D eigenvalue weighted by Gasteiger charge is 2.15. The molecule has 0 aromatic heterocycles. The van der Waals surface area contributed by atoms with Crippen LogP contribution >= 0.6 is 0 Å². The van der Waals surface area contributed by atoms with Crippen LogP contribution in [0.15, 0.2) is 84.9 Å². The van der Waals surface area contributed by atoms with Crippen LogP contribution in [0.4, 0.5) is 11.4 Å². The highest BCUT2D eigenvalue weighted by molar-refractivity contribution is 5.94. The lowest BCUT2D eigenvalue weighted by Gasteiger charge is -2.23. The van der Waals surface area contributed by atoms with Gasteiger partial charge < -0.3 is 10.2 Å². The molecule has 0 aliphatic heterocycles. The minimum atomic E-state index is 0.0427. The van der Waals surface area contributed by atoms with Gasteiger partial charge in [-0.05, 0) is 48.9 Å². The number of anilines is 2. The topological polar surface area (TPSA) is 49.4 Å². The normalized spacial score (nSPS) is 10.3. The maximum Gasteiger partial charge on any atom is 0.229 e. The van der Waals surface area contributed by atoms with Gasteiger partial charge in [0.1, 0.15) is 0 Å². The van der Waals surface area contributed by atoms with Crippen molar-refractivity contribution in [2.24, 2.45) is 0 Å². The number of amides is 1. The van der Waals surface area contributed by atoms with E-state index in [9.17, 15) is 9.59 Å². The number of para-hydroxylation sites is 1. The van der Waals surface area contributed by atoms with Crippen LogP contribution in [0, 0.1) is 0 Å². The average molecular weight is 372 g/mol. The Morgan fingerprint density at radius 3 is 2.04 bits per heavy atom. The average Bonchev–Trinajstić information content (AvgIpc) is 2.73. The number of rotatable bonds is 8. The minimum absolute atomic E-state index is 0.0427. The first-order chi connectivity index (χ1) is 13.6. The molecule has 3 rings (SSSR count). The van der Waals surface area contributed by atoms with Crippen LogP contribution in [-0.4, -0.2) is 18.2 Å². The van der Waals surface area contributed by atoms with E-state index >= 15 is 0 Å². The summed E-state index contributed by atoms with van der Waals surface area (Å²) in [6.07, 6.45) is 0.371. The molecule has 3 aromatic rings. The zero-order valence-corrected chi connectivity index (χ0v) is 16.0. The fourth-order valence-electron chi connectivity index (χ4n) is 2.97. The second-order valence-corrected chi connectivity index (χ2v) is 6.61. The van der Waals surface area contributed by atoms with Crippen molar-refractivity contribution in [1.29, 1.82) is 0 Å². The molecule has 0 unspecified atom stereocenters. The fourth-order valence-corrected chi connectivity index (χ4v) is 2.97. The van der Waals surface area contributed by atoms with Gasteiger partial charge in [-0.3, -0.25) is 9.59 Å². The molecule has 0 spiro atoms. The lowest BCUT2D eigenvalue weighted by atomic mass is 10.1. The zero-order valence-electron chi connectivity index (χ0n) is 16.0. The third-order valence-corrected chi connectivity index (χ3v) is 4.51. The molecule has 4 nitrogen and oxygen atoms in total. The molecule has 1 amide bonds. The third kappa shape index (κ3) is 5.30. The van der Waals surface area contributed by atoms with Gasteiger partial charge in [-0.2, -0.15) is 0 Å². The molecule has 142 valence electrons. The standard InChI is InChI=1S/C24H24N2O2/c1-19(27)21-12-14-22(15-13-21)25-17-16-24(28)26(23-10-6-3-7-11-23)18-20-8-4-2-5-9-20/h2-15,25H,16-18H2,1H3.